The molecule has 4 saturated carbocycles. The van der Waals surface area contributed by atoms with E-state index in [4.69, 9.17) is 9.47 Å². The second kappa shape index (κ2) is 37.9. The molecule has 7 heterocycles. The maximum absolute atomic E-state index is 13.7. The summed E-state index contributed by atoms with van der Waals surface area (Å²) in [5, 5.41) is 87.3. The molecule has 0 bridgehead atoms. The van der Waals surface area contributed by atoms with Crippen LogP contribution in [0.4, 0.5) is 98.2 Å². The number of alkyl halides is 13. The number of aryl methyl sites for hydroxylation is 2. The van der Waals surface area contributed by atoms with E-state index in [1.807, 2.05) is 59.8 Å². The molecular formula is C78H88F13N21O6. The number of pyridine rings is 3. The average molecular weight is 1660 g/mol. The zero-order valence-corrected chi connectivity index (χ0v) is 65.1. The van der Waals surface area contributed by atoms with Crippen molar-refractivity contribution in [2.75, 3.05) is 57.0 Å². The molecule has 12 rings (SSSR count). The number of nitrogens with one attached hydrogen (secondary N) is 7. The van der Waals surface area contributed by atoms with E-state index in [1.165, 1.54) is 67.6 Å². The van der Waals surface area contributed by atoms with Crippen molar-refractivity contribution in [3.05, 3.63) is 166 Å². The quantitative estimate of drug-likeness (QED) is 0.0203. The SMILES string of the molecule is CC(F)(F)COc1ncccc1CNc1ncc(C#N)c(N[C@@H]2C[C@@H](O)C2(C)C)n1.CC(F)(F)c1ccncc1CCc1ncc(C#N)c(NC2CC(O)C2)n1.CC1(C)[C@H](CO)C[C@@H]1Nc1nc(NCc2ccccc2C(F)(F)F)ncc1C(F)(F)F.CC1(C)[C@H](O)C[C@@H]1Nc1nc(NCc2cccnc2OCCC(F)(F)F)ncc1C#N. The third-order valence-corrected chi connectivity index (χ3v) is 20.8. The van der Waals surface area contributed by atoms with E-state index in [-0.39, 0.29) is 125 Å². The summed E-state index contributed by atoms with van der Waals surface area (Å²) in [5.74, 6) is -4.39. The Hall–Kier alpha value is -11.4. The first-order chi connectivity index (χ1) is 55.4. The van der Waals surface area contributed by atoms with E-state index >= 15 is 0 Å². The van der Waals surface area contributed by atoms with Gasteiger partial charge in [-0.15, -0.1) is 0 Å². The number of aliphatic hydroxyl groups is 4. The monoisotopic (exact) mass is 1660 g/mol. The van der Waals surface area contributed by atoms with Gasteiger partial charge in [0.1, 0.15) is 69.6 Å². The Morgan fingerprint density at radius 2 is 0.941 bits per heavy atom. The van der Waals surface area contributed by atoms with Crippen LogP contribution in [0.1, 0.15) is 155 Å². The summed E-state index contributed by atoms with van der Waals surface area (Å²) in [6.45, 7) is 11.7. The number of aromatic nitrogens is 11. The molecule has 0 aliphatic heterocycles. The maximum atomic E-state index is 13.7. The third kappa shape index (κ3) is 24.1. The third-order valence-electron chi connectivity index (χ3n) is 20.8. The van der Waals surface area contributed by atoms with E-state index < -0.39 is 84.6 Å². The van der Waals surface area contributed by atoms with Gasteiger partial charge in [0.25, 0.3) is 11.8 Å². The summed E-state index contributed by atoms with van der Waals surface area (Å²) < 4.78 is 181. The number of anilines is 7. The van der Waals surface area contributed by atoms with Crippen LogP contribution in [0.3, 0.4) is 0 Å². The first-order valence-electron chi connectivity index (χ1n) is 37.1. The van der Waals surface area contributed by atoms with Crippen molar-refractivity contribution in [1.29, 1.82) is 15.8 Å². The van der Waals surface area contributed by atoms with Crippen molar-refractivity contribution in [2.45, 2.75) is 199 Å². The fraction of sp³-hybridized carbons (Fsp3) is 0.487. The van der Waals surface area contributed by atoms with Gasteiger partial charge in [-0.3, -0.25) is 4.98 Å². The van der Waals surface area contributed by atoms with Crippen LogP contribution in [0.15, 0.2) is 104 Å². The zero-order valence-electron chi connectivity index (χ0n) is 65.1. The van der Waals surface area contributed by atoms with Crippen molar-refractivity contribution in [3.63, 3.8) is 0 Å². The van der Waals surface area contributed by atoms with Crippen LogP contribution in [-0.4, -0.2) is 150 Å². The molecule has 632 valence electrons. The standard InChI is InChI=1S/C20H22F6N4O.C20H23F3N6O2.C20H24F2N6O2.C18H19F2N5O/c1-18(2)12(10-31)7-15(18)29-16-14(20(24,25)26)9-28-17(30-16)27-8-11-5-3-4-6-13(11)19(21,22)23;1-19(2)14(8-15(19)30)28-16-13(9-24)11-27-18(29-16)26-10-12-4-3-6-25-17(12)31-7-5-20(21,22)23;1-19(2)14(7-15(19)29)27-16-13(8-23)10-26-18(28-16)25-9-12-5-4-6-24-17(12)30-11-20(3,21)22;1-18(19,20)15-4-5-22-9-11(15)2-3-16-23-10-12(8-21)17(25-16)24-13-6-14(26)7-13/h3-6,9,12,15,31H,7-8,10H2,1-2H3,(H2,27,28,29,30);3-4,6,11,14-15,30H,5,7-8,10H2,1-2H3,(H2,26,27,28,29);4-6,10,14-15,29H,7,9,11H2,1-3H3,(H2,25,26,27,28);4-5,9-10,13-14,26H,2-3,6-7H2,1H3,(H,23,24,25)/t12-,15-;14-,15+;14-,15-;/m001./s1. The Bertz CT molecular complexity index is 4850. The minimum atomic E-state index is -4.71. The number of nitriles is 3. The lowest BCUT2D eigenvalue weighted by Crippen LogP contribution is -2.57. The topological polar surface area (TPSA) is 397 Å². The highest BCUT2D eigenvalue weighted by molar-refractivity contribution is 5.57. The molecule has 4 aliphatic rings. The highest BCUT2D eigenvalue weighted by Gasteiger charge is 2.51. The van der Waals surface area contributed by atoms with Gasteiger partial charge in [-0.1, -0.05) is 71.9 Å². The molecular weight excluding hydrogens is 1570 g/mol. The maximum Gasteiger partial charge on any atom is 0.421 e. The van der Waals surface area contributed by atoms with Gasteiger partial charge in [-0.25, -0.2) is 52.4 Å². The summed E-state index contributed by atoms with van der Waals surface area (Å²) in [6, 6.07) is 18.6. The van der Waals surface area contributed by atoms with Gasteiger partial charge in [0.05, 0.1) is 55.5 Å². The number of nitrogens with zero attached hydrogens (tertiary/aromatic N) is 14. The molecule has 4 fully saturated rings. The molecule has 4 aliphatic carbocycles. The highest BCUT2D eigenvalue weighted by atomic mass is 19.4. The number of ether oxygens (including phenoxy) is 2. The van der Waals surface area contributed by atoms with Gasteiger partial charge in [0.2, 0.25) is 29.6 Å². The van der Waals surface area contributed by atoms with E-state index in [0.717, 1.165) is 19.9 Å². The number of rotatable bonds is 28. The molecule has 27 nitrogen and oxygen atoms in total. The molecule has 0 saturated heterocycles. The lowest BCUT2D eigenvalue weighted by Gasteiger charge is -2.52. The number of benzene rings is 1. The minimum Gasteiger partial charge on any atom is -0.477 e. The Kier molecular flexibility index (Phi) is 29.1. The Morgan fingerprint density at radius 1 is 0.475 bits per heavy atom. The number of aliphatic hydroxyl groups excluding tert-OH is 4. The Morgan fingerprint density at radius 3 is 1.41 bits per heavy atom. The molecule has 40 heteroatoms. The zero-order chi connectivity index (χ0) is 86.3. The van der Waals surface area contributed by atoms with Gasteiger partial charge in [0.15, 0.2) is 6.61 Å². The smallest absolute Gasteiger partial charge is 0.421 e. The van der Waals surface area contributed by atoms with Crippen molar-refractivity contribution >= 4 is 41.1 Å². The van der Waals surface area contributed by atoms with E-state index in [9.17, 15) is 93.3 Å². The summed E-state index contributed by atoms with van der Waals surface area (Å²) in [7, 11) is 0. The van der Waals surface area contributed by atoms with E-state index in [0.29, 0.717) is 96.7 Å². The van der Waals surface area contributed by atoms with Crippen molar-refractivity contribution in [1.82, 2.24) is 54.8 Å². The van der Waals surface area contributed by atoms with Crippen molar-refractivity contribution < 1.29 is 87.0 Å². The predicted octanol–water partition coefficient (Wildman–Crippen LogP) is 13.7. The molecule has 118 heavy (non-hydrogen) atoms. The summed E-state index contributed by atoms with van der Waals surface area (Å²) in [4.78, 5) is 44.9. The summed E-state index contributed by atoms with van der Waals surface area (Å²) >= 11 is 0. The van der Waals surface area contributed by atoms with E-state index in [2.05, 4.69) is 92.0 Å². The van der Waals surface area contributed by atoms with Crippen LogP contribution in [0.25, 0.3) is 0 Å². The van der Waals surface area contributed by atoms with Crippen molar-refractivity contribution in [3.8, 4) is 30.0 Å². The van der Waals surface area contributed by atoms with Crippen LogP contribution >= 0.6 is 0 Å². The van der Waals surface area contributed by atoms with Gasteiger partial charge in [-0.2, -0.15) is 70.3 Å². The van der Waals surface area contributed by atoms with Gasteiger partial charge in [0, 0.05) is 129 Å². The van der Waals surface area contributed by atoms with Crippen LogP contribution < -0.4 is 46.7 Å². The minimum absolute atomic E-state index is 0.0311. The molecule has 0 radical (unpaired) electrons. The fourth-order valence-corrected chi connectivity index (χ4v) is 12.7. The molecule has 8 aromatic rings. The predicted molar refractivity (Wildman–Crippen MR) is 405 cm³/mol. The second-order valence-electron chi connectivity index (χ2n) is 30.5. The number of hydrogen-bond acceptors (Lipinski definition) is 27. The number of hydrogen-bond donors (Lipinski definition) is 11. The normalized spacial score (nSPS) is 20.1. The Balaban J connectivity index is 0.000000180. The molecule has 1 aromatic carbocycles. The second-order valence-corrected chi connectivity index (χ2v) is 30.5. The molecule has 0 amide bonds. The largest absolute Gasteiger partial charge is 0.477 e. The van der Waals surface area contributed by atoms with Crippen LogP contribution in [0.2, 0.25) is 0 Å². The average Bonchev–Trinajstić information content (AvgIpc) is 0.768. The van der Waals surface area contributed by atoms with Crippen LogP contribution in [0.5, 0.6) is 11.8 Å². The van der Waals surface area contributed by atoms with Gasteiger partial charge < -0.3 is 67.1 Å². The first-order valence-corrected chi connectivity index (χ1v) is 37.1. The van der Waals surface area contributed by atoms with Crippen LogP contribution in [-0.2, 0) is 50.8 Å². The molecule has 0 unspecified atom stereocenters. The van der Waals surface area contributed by atoms with Crippen LogP contribution in [0, 0.1) is 56.2 Å². The summed E-state index contributed by atoms with van der Waals surface area (Å²) in [5.41, 5.74) is -0.795. The number of halogens is 13. The molecule has 11 N–H and O–H groups in total. The summed E-state index contributed by atoms with van der Waals surface area (Å²) in [6.07, 6.45) is -1.90. The molecule has 6 atom stereocenters. The fourth-order valence-electron chi connectivity index (χ4n) is 12.7. The molecule has 7 aromatic heterocycles. The van der Waals surface area contributed by atoms with Gasteiger partial charge >= 0.3 is 18.5 Å². The van der Waals surface area contributed by atoms with E-state index in [1.54, 1.807) is 24.3 Å². The van der Waals surface area contributed by atoms with Gasteiger partial charge in [-0.05, 0) is 85.3 Å². The Labute approximate surface area is 670 Å². The lowest BCUT2D eigenvalue weighted by atomic mass is 9.59. The van der Waals surface area contributed by atoms with Crippen molar-refractivity contribution in [2.24, 2.45) is 22.2 Å². The first kappa shape index (κ1) is 90.5. The highest BCUT2D eigenvalue weighted by Crippen LogP contribution is 2.49. The lowest BCUT2D eigenvalue weighted by molar-refractivity contribution is -0.140. The molecule has 0 spiro atoms.